The molecule has 67 heavy (non-hydrogen) atoms. The van der Waals surface area contributed by atoms with E-state index in [1.807, 2.05) is 0 Å². The van der Waals surface area contributed by atoms with Gasteiger partial charge in [0.15, 0.2) is 6.10 Å². The van der Waals surface area contributed by atoms with Gasteiger partial charge in [-0.25, -0.2) is 0 Å². The molecule has 390 valence electrons. The summed E-state index contributed by atoms with van der Waals surface area (Å²) >= 11 is 0. The van der Waals surface area contributed by atoms with Crippen LogP contribution in [0.3, 0.4) is 0 Å². The second-order valence-electron chi connectivity index (χ2n) is 19.5. The molecule has 0 rings (SSSR count). The first-order chi connectivity index (χ1) is 33.0. The highest BCUT2D eigenvalue weighted by Crippen LogP contribution is 2.16. The SMILES string of the molecule is CC/C=C\C/C=C\C/C=C\CCCCCCCCCC(=O)OCC(COC(=O)CCCCCCC/C=C\CCCCCCCC)OC(=O)CCCCCCCCCCCCCCCCCCC. The van der Waals surface area contributed by atoms with Gasteiger partial charge in [0, 0.05) is 19.3 Å². The van der Waals surface area contributed by atoms with E-state index in [9.17, 15) is 14.4 Å². The zero-order valence-electron chi connectivity index (χ0n) is 44.7. The normalized spacial score (nSPS) is 12.3. The third-order valence-corrected chi connectivity index (χ3v) is 12.8. The van der Waals surface area contributed by atoms with Crippen molar-refractivity contribution in [1.82, 2.24) is 0 Å². The Bertz CT molecular complexity index is 1170. The van der Waals surface area contributed by atoms with Crippen molar-refractivity contribution in [2.24, 2.45) is 0 Å². The number of ether oxygens (including phenoxy) is 3. The van der Waals surface area contributed by atoms with Crippen LogP contribution in [0, 0.1) is 0 Å². The van der Waals surface area contributed by atoms with Gasteiger partial charge in [-0.2, -0.15) is 0 Å². The summed E-state index contributed by atoms with van der Waals surface area (Å²) in [7, 11) is 0. The fourth-order valence-corrected chi connectivity index (χ4v) is 8.45. The zero-order valence-corrected chi connectivity index (χ0v) is 44.7. The Morgan fingerprint density at radius 3 is 0.925 bits per heavy atom. The minimum Gasteiger partial charge on any atom is -0.462 e. The van der Waals surface area contributed by atoms with Gasteiger partial charge >= 0.3 is 17.9 Å². The van der Waals surface area contributed by atoms with Crippen molar-refractivity contribution in [3.05, 3.63) is 48.6 Å². The third kappa shape index (κ3) is 54.2. The molecule has 0 amide bonds. The number of carbonyl (C=O) groups is 3. The standard InChI is InChI=1S/C61H110O6/c1-4-7-10-13-16-19-22-25-28-30-33-36-39-42-45-48-51-54-60(63)66-57-58(56-65-59(62)53-50-47-44-41-38-35-32-27-24-21-18-15-12-9-6-3)67-61(64)55-52-49-46-43-40-37-34-31-29-26-23-20-17-14-11-8-5-2/h7,10,16,19,25,27-28,32,58H,4-6,8-9,11-15,17-18,20-24,26,29-31,33-57H2,1-3H3/b10-7-,19-16-,28-25-,32-27-. The molecule has 0 aromatic heterocycles. The number of allylic oxidation sites excluding steroid dienone is 8. The van der Waals surface area contributed by atoms with Crippen LogP contribution in [0.15, 0.2) is 48.6 Å². The molecule has 0 spiro atoms. The molecular formula is C61H110O6. The lowest BCUT2D eigenvalue weighted by Crippen LogP contribution is -2.30. The van der Waals surface area contributed by atoms with Crippen LogP contribution in [0.2, 0.25) is 0 Å². The van der Waals surface area contributed by atoms with Crippen LogP contribution in [0.25, 0.3) is 0 Å². The second kappa shape index (κ2) is 56.0. The van der Waals surface area contributed by atoms with E-state index >= 15 is 0 Å². The third-order valence-electron chi connectivity index (χ3n) is 12.8. The first-order valence-electron chi connectivity index (χ1n) is 29.1. The predicted molar refractivity (Wildman–Crippen MR) is 289 cm³/mol. The summed E-state index contributed by atoms with van der Waals surface area (Å²) in [4.78, 5) is 38.2. The van der Waals surface area contributed by atoms with Gasteiger partial charge in [0.2, 0.25) is 0 Å². The minimum atomic E-state index is -0.778. The van der Waals surface area contributed by atoms with Crippen LogP contribution >= 0.6 is 0 Å². The Labute approximate surface area is 416 Å². The van der Waals surface area contributed by atoms with E-state index in [-0.39, 0.29) is 31.1 Å². The molecule has 0 fully saturated rings. The zero-order chi connectivity index (χ0) is 48.6. The average Bonchev–Trinajstić information content (AvgIpc) is 3.33. The molecule has 0 aliphatic rings. The topological polar surface area (TPSA) is 78.9 Å². The van der Waals surface area contributed by atoms with E-state index in [0.29, 0.717) is 19.3 Å². The number of carbonyl (C=O) groups excluding carboxylic acids is 3. The molecule has 6 heteroatoms. The summed E-state index contributed by atoms with van der Waals surface area (Å²) in [5.41, 5.74) is 0. The van der Waals surface area contributed by atoms with Crippen molar-refractivity contribution in [1.29, 1.82) is 0 Å². The molecule has 0 heterocycles. The van der Waals surface area contributed by atoms with E-state index in [2.05, 4.69) is 69.4 Å². The van der Waals surface area contributed by atoms with E-state index < -0.39 is 6.10 Å². The van der Waals surface area contributed by atoms with Crippen molar-refractivity contribution in [2.75, 3.05) is 13.2 Å². The van der Waals surface area contributed by atoms with E-state index in [1.165, 1.54) is 173 Å². The Balaban J connectivity index is 4.37. The molecule has 6 nitrogen and oxygen atoms in total. The van der Waals surface area contributed by atoms with E-state index in [4.69, 9.17) is 14.2 Å². The largest absolute Gasteiger partial charge is 0.462 e. The van der Waals surface area contributed by atoms with Crippen molar-refractivity contribution in [3.63, 3.8) is 0 Å². The number of unbranched alkanes of at least 4 members (excludes halogenated alkanes) is 34. The molecule has 1 atom stereocenters. The monoisotopic (exact) mass is 939 g/mol. The molecule has 0 aromatic carbocycles. The average molecular weight is 940 g/mol. The van der Waals surface area contributed by atoms with Gasteiger partial charge in [-0.1, -0.05) is 256 Å². The van der Waals surface area contributed by atoms with Crippen LogP contribution in [0.1, 0.15) is 303 Å². The van der Waals surface area contributed by atoms with Gasteiger partial charge in [-0.3, -0.25) is 14.4 Å². The maximum atomic E-state index is 12.9. The van der Waals surface area contributed by atoms with E-state index in [1.54, 1.807) is 0 Å². The molecule has 0 aliphatic heterocycles. The number of hydrogen-bond donors (Lipinski definition) is 0. The second-order valence-corrected chi connectivity index (χ2v) is 19.5. The van der Waals surface area contributed by atoms with Crippen LogP contribution in [-0.2, 0) is 28.6 Å². The predicted octanol–water partition coefficient (Wildman–Crippen LogP) is 19.4. The van der Waals surface area contributed by atoms with Gasteiger partial charge in [-0.05, 0) is 77.0 Å². The summed E-state index contributed by atoms with van der Waals surface area (Å²) in [6, 6.07) is 0. The highest BCUT2D eigenvalue weighted by Gasteiger charge is 2.19. The van der Waals surface area contributed by atoms with Gasteiger partial charge in [0.1, 0.15) is 13.2 Å². The summed E-state index contributed by atoms with van der Waals surface area (Å²) in [5, 5.41) is 0. The molecule has 1 unspecified atom stereocenters. The Kier molecular flexibility index (Phi) is 53.8. The molecule has 0 aliphatic carbocycles. The molecule has 0 saturated heterocycles. The van der Waals surface area contributed by atoms with Gasteiger partial charge in [0.25, 0.3) is 0 Å². The molecule has 0 N–H and O–H groups in total. The number of esters is 3. The highest BCUT2D eigenvalue weighted by atomic mass is 16.6. The smallest absolute Gasteiger partial charge is 0.306 e. The first kappa shape index (κ1) is 64.4. The summed E-state index contributed by atoms with van der Waals surface area (Å²) in [6.07, 6.45) is 68.1. The fraction of sp³-hybridized carbons (Fsp3) is 0.820. The summed E-state index contributed by atoms with van der Waals surface area (Å²) < 4.78 is 16.9. The van der Waals surface area contributed by atoms with Crippen LogP contribution in [-0.4, -0.2) is 37.2 Å². The lowest BCUT2D eigenvalue weighted by molar-refractivity contribution is -0.167. The summed E-state index contributed by atoms with van der Waals surface area (Å²) in [5.74, 6) is -0.879. The molecular weight excluding hydrogens is 829 g/mol. The lowest BCUT2D eigenvalue weighted by Gasteiger charge is -2.18. The van der Waals surface area contributed by atoms with Gasteiger partial charge < -0.3 is 14.2 Å². The maximum Gasteiger partial charge on any atom is 0.306 e. The maximum absolute atomic E-state index is 12.9. The summed E-state index contributed by atoms with van der Waals surface area (Å²) in [6.45, 7) is 6.55. The van der Waals surface area contributed by atoms with Crippen molar-refractivity contribution in [3.8, 4) is 0 Å². The fourth-order valence-electron chi connectivity index (χ4n) is 8.45. The first-order valence-corrected chi connectivity index (χ1v) is 29.1. The molecule has 0 aromatic rings. The Morgan fingerprint density at radius 2 is 0.582 bits per heavy atom. The van der Waals surface area contributed by atoms with Gasteiger partial charge in [-0.15, -0.1) is 0 Å². The van der Waals surface area contributed by atoms with Gasteiger partial charge in [0.05, 0.1) is 0 Å². The quantitative estimate of drug-likeness (QED) is 0.0262. The van der Waals surface area contributed by atoms with Crippen molar-refractivity contribution >= 4 is 17.9 Å². The van der Waals surface area contributed by atoms with Crippen molar-refractivity contribution in [2.45, 2.75) is 309 Å². The molecule has 0 saturated carbocycles. The lowest BCUT2D eigenvalue weighted by atomic mass is 10.0. The number of rotatable bonds is 53. The number of hydrogen-bond acceptors (Lipinski definition) is 6. The molecule has 0 bridgehead atoms. The van der Waals surface area contributed by atoms with E-state index in [0.717, 1.165) is 89.9 Å². The van der Waals surface area contributed by atoms with Crippen LogP contribution in [0.5, 0.6) is 0 Å². The Morgan fingerprint density at radius 1 is 0.313 bits per heavy atom. The minimum absolute atomic E-state index is 0.0776. The highest BCUT2D eigenvalue weighted by molar-refractivity contribution is 5.71. The molecule has 0 radical (unpaired) electrons. The Hall–Kier alpha value is -2.63. The van der Waals surface area contributed by atoms with Crippen molar-refractivity contribution < 1.29 is 28.6 Å². The van der Waals surface area contributed by atoms with Crippen LogP contribution < -0.4 is 0 Å². The van der Waals surface area contributed by atoms with Crippen LogP contribution in [0.4, 0.5) is 0 Å².